The largest absolute Gasteiger partial charge is 0.454 e. The third-order valence-electron chi connectivity index (χ3n) is 4.15. The van der Waals surface area contributed by atoms with Crippen molar-refractivity contribution in [2.24, 2.45) is 11.8 Å². The molecule has 1 fully saturated rings. The van der Waals surface area contributed by atoms with Crippen LogP contribution in [0, 0.1) is 18.8 Å². The number of likely N-dealkylation sites (tertiary alicyclic amines) is 1. The SMILES string of the molecule is Cc1cc(NC(=O)COC(=O)CN2C(=O)[C@H]3CC=CC[C@H]3C2=O)no1. The van der Waals surface area contributed by atoms with Crippen molar-refractivity contribution in [1.82, 2.24) is 10.1 Å². The fraction of sp³-hybridized carbons (Fsp3) is 0.438. The van der Waals surface area contributed by atoms with Crippen molar-refractivity contribution in [3.63, 3.8) is 0 Å². The Labute approximate surface area is 143 Å². The highest BCUT2D eigenvalue weighted by atomic mass is 16.5. The average molecular weight is 347 g/mol. The first-order valence-electron chi connectivity index (χ1n) is 7.84. The number of nitrogens with zero attached hydrogens (tertiary/aromatic N) is 2. The summed E-state index contributed by atoms with van der Waals surface area (Å²) >= 11 is 0. The van der Waals surface area contributed by atoms with Gasteiger partial charge < -0.3 is 14.6 Å². The highest BCUT2D eigenvalue weighted by Crippen LogP contribution is 2.34. The molecule has 0 radical (unpaired) electrons. The van der Waals surface area contributed by atoms with Gasteiger partial charge in [0.15, 0.2) is 12.4 Å². The first kappa shape index (κ1) is 16.9. The fourth-order valence-corrected chi connectivity index (χ4v) is 2.95. The maximum atomic E-state index is 12.2. The van der Waals surface area contributed by atoms with Crippen LogP contribution >= 0.6 is 0 Å². The van der Waals surface area contributed by atoms with E-state index in [0.717, 1.165) is 4.90 Å². The molecule has 1 aliphatic carbocycles. The van der Waals surface area contributed by atoms with E-state index >= 15 is 0 Å². The van der Waals surface area contributed by atoms with Crippen molar-refractivity contribution in [3.8, 4) is 0 Å². The van der Waals surface area contributed by atoms with Crippen molar-refractivity contribution < 1.29 is 28.4 Å². The number of hydrogen-bond acceptors (Lipinski definition) is 7. The maximum Gasteiger partial charge on any atom is 0.326 e. The third-order valence-corrected chi connectivity index (χ3v) is 4.15. The summed E-state index contributed by atoms with van der Waals surface area (Å²) in [6.07, 6.45) is 4.73. The molecule has 1 aliphatic heterocycles. The summed E-state index contributed by atoms with van der Waals surface area (Å²) in [6, 6.07) is 1.51. The summed E-state index contributed by atoms with van der Waals surface area (Å²) in [5.74, 6) is -2.21. The smallest absolute Gasteiger partial charge is 0.326 e. The summed E-state index contributed by atoms with van der Waals surface area (Å²) in [7, 11) is 0. The van der Waals surface area contributed by atoms with E-state index in [2.05, 4.69) is 10.5 Å². The van der Waals surface area contributed by atoms with Crippen LogP contribution in [0.2, 0.25) is 0 Å². The molecule has 3 amide bonds. The average Bonchev–Trinajstić information content (AvgIpc) is 3.10. The van der Waals surface area contributed by atoms with Crippen LogP contribution in [0.25, 0.3) is 0 Å². The Kier molecular flexibility index (Phi) is 4.64. The molecule has 1 aromatic rings. The number of aryl methyl sites for hydroxylation is 1. The van der Waals surface area contributed by atoms with E-state index < -0.39 is 36.9 Å². The number of imide groups is 1. The lowest BCUT2D eigenvalue weighted by molar-refractivity contribution is -0.154. The van der Waals surface area contributed by atoms with Gasteiger partial charge in [-0.3, -0.25) is 24.1 Å². The lowest BCUT2D eigenvalue weighted by Gasteiger charge is -2.14. The fourth-order valence-electron chi connectivity index (χ4n) is 2.95. The summed E-state index contributed by atoms with van der Waals surface area (Å²) in [5, 5.41) is 5.97. The van der Waals surface area contributed by atoms with Gasteiger partial charge in [0, 0.05) is 6.07 Å². The molecule has 25 heavy (non-hydrogen) atoms. The first-order chi connectivity index (χ1) is 12.0. The van der Waals surface area contributed by atoms with Gasteiger partial charge in [-0.2, -0.15) is 0 Å². The second-order valence-electron chi connectivity index (χ2n) is 5.95. The number of carbonyl (C=O) groups excluding carboxylic acids is 4. The third kappa shape index (κ3) is 3.59. The second-order valence-corrected chi connectivity index (χ2v) is 5.95. The highest BCUT2D eigenvalue weighted by molar-refractivity contribution is 6.07. The Morgan fingerprint density at radius 2 is 1.92 bits per heavy atom. The van der Waals surface area contributed by atoms with Crippen LogP contribution < -0.4 is 5.32 Å². The van der Waals surface area contributed by atoms with Crippen LogP contribution in [0.15, 0.2) is 22.7 Å². The monoisotopic (exact) mass is 347 g/mol. The van der Waals surface area contributed by atoms with E-state index in [-0.39, 0.29) is 17.6 Å². The molecule has 0 unspecified atom stereocenters. The number of ether oxygens (including phenoxy) is 1. The summed E-state index contributed by atoms with van der Waals surface area (Å²) in [5.41, 5.74) is 0. The molecule has 132 valence electrons. The lowest BCUT2D eigenvalue weighted by Crippen LogP contribution is -2.37. The predicted molar refractivity (Wildman–Crippen MR) is 82.9 cm³/mol. The summed E-state index contributed by atoms with van der Waals surface area (Å²) < 4.78 is 9.61. The van der Waals surface area contributed by atoms with Gasteiger partial charge in [-0.1, -0.05) is 17.3 Å². The van der Waals surface area contributed by atoms with Crippen molar-refractivity contribution in [3.05, 3.63) is 24.0 Å². The zero-order valence-corrected chi connectivity index (χ0v) is 13.6. The van der Waals surface area contributed by atoms with Crippen molar-refractivity contribution >= 4 is 29.5 Å². The molecule has 2 aliphatic rings. The quantitative estimate of drug-likeness (QED) is 0.465. The number of rotatable bonds is 5. The standard InChI is InChI=1S/C16H17N3O6/c1-9-6-12(18-25-9)17-13(20)8-24-14(21)7-19-15(22)10-4-2-3-5-11(10)16(19)23/h2-3,6,10-11H,4-5,7-8H2,1H3,(H,17,18,20)/t10-,11+. The molecule has 2 atom stereocenters. The number of amides is 3. The molecular weight excluding hydrogens is 330 g/mol. The Hall–Kier alpha value is -2.97. The number of nitrogens with one attached hydrogen (secondary N) is 1. The Morgan fingerprint density at radius 3 is 2.48 bits per heavy atom. The van der Waals surface area contributed by atoms with Crippen LogP contribution in [0.4, 0.5) is 5.82 Å². The van der Waals surface area contributed by atoms with Gasteiger partial charge in [0.2, 0.25) is 11.8 Å². The number of hydrogen-bond donors (Lipinski definition) is 1. The van der Waals surface area contributed by atoms with E-state index in [1.807, 2.05) is 12.2 Å². The molecule has 2 heterocycles. The molecular formula is C16H17N3O6. The van der Waals surface area contributed by atoms with Gasteiger partial charge in [0.1, 0.15) is 12.3 Å². The van der Waals surface area contributed by atoms with Gasteiger partial charge >= 0.3 is 5.97 Å². The molecule has 1 saturated heterocycles. The highest BCUT2D eigenvalue weighted by Gasteiger charge is 2.47. The minimum Gasteiger partial charge on any atom is -0.454 e. The van der Waals surface area contributed by atoms with Crippen molar-refractivity contribution in [1.29, 1.82) is 0 Å². The van der Waals surface area contributed by atoms with Crippen LogP contribution in [0.5, 0.6) is 0 Å². The molecule has 0 aromatic carbocycles. The molecule has 3 rings (SSSR count). The first-order valence-corrected chi connectivity index (χ1v) is 7.84. The van der Waals surface area contributed by atoms with Crippen LogP contribution in [-0.2, 0) is 23.9 Å². The Bertz CT molecular complexity index is 727. The van der Waals surface area contributed by atoms with Crippen molar-refractivity contribution in [2.75, 3.05) is 18.5 Å². The van der Waals surface area contributed by atoms with E-state index in [4.69, 9.17) is 9.26 Å². The van der Waals surface area contributed by atoms with Crippen LogP contribution in [0.3, 0.4) is 0 Å². The van der Waals surface area contributed by atoms with E-state index in [9.17, 15) is 19.2 Å². The van der Waals surface area contributed by atoms with Crippen LogP contribution in [0.1, 0.15) is 18.6 Å². The zero-order valence-electron chi connectivity index (χ0n) is 13.6. The predicted octanol–water partition coefficient (Wildman–Crippen LogP) is 0.416. The lowest BCUT2D eigenvalue weighted by atomic mass is 9.85. The second kappa shape index (κ2) is 6.88. The van der Waals surface area contributed by atoms with E-state index in [1.54, 1.807) is 6.92 Å². The normalized spacial score (nSPS) is 22.0. The Balaban J connectivity index is 1.48. The molecule has 0 bridgehead atoms. The number of carbonyl (C=O) groups is 4. The molecule has 1 aromatic heterocycles. The molecule has 9 heteroatoms. The maximum absolute atomic E-state index is 12.2. The number of aromatic nitrogens is 1. The minimum atomic E-state index is -0.820. The molecule has 9 nitrogen and oxygen atoms in total. The van der Waals surface area contributed by atoms with Gasteiger partial charge in [-0.05, 0) is 19.8 Å². The van der Waals surface area contributed by atoms with Gasteiger partial charge in [-0.15, -0.1) is 0 Å². The van der Waals surface area contributed by atoms with Crippen molar-refractivity contribution in [2.45, 2.75) is 19.8 Å². The van der Waals surface area contributed by atoms with Gasteiger partial charge in [0.05, 0.1) is 11.8 Å². The van der Waals surface area contributed by atoms with Gasteiger partial charge in [0.25, 0.3) is 5.91 Å². The molecule has 1 N–H and O–H groups in total. The summed E-state index contributed by atoms with van der Waals surface area (Å²) in [4.78, 5) is 48.9. The number of allylic oxidation sites excluding steroid dienone is 2. The minimum absolute atomic E-state index is 0.208. The van der Waals surface area contributed by atoms with E-state index in [1.165, 1.54) is 6.07 Å². The van der Waals surface area contributed by atoms with E-state index in [0.29, 0.717) is 18.6 Å². The Morgan fingerprint density at radius 1 is 1.28 bits per heavy atom. The van der Waals surface area contributed by atoms with Crippen LogP contribution in [-0.4, -0.2) is 46.9 Å². The number of esters is 1. The molecule has 0 spiro atoms. The number of anilines is 1. The molecule has 0 saturated carbocycles. The summed E-state index contributed by atoms with van der Waals surface area (Å²) in [6.45, 7) is 0.635. The number of fused-ring (bicyclic) bond motifs is 1. The van der Waals surface area contributed by atoms with Gasteiger partial charge in [-0.25, -0.2) is 0 Å². The zero-order chi connectivity index (χ0) is 18.0. The topological polar surface area (TPSA) is 119 Å².